The number of nitrogens with zero attached hydrogens (tertiary/aromatic N) is 1. The fourth-order valence-corrected chi connectivity index (χ4v) is 5.11. The monoisotopic (exact) mass is 587 g/mol. The predicted octanol–water partition coefficient (Wildman–Crippen LogP) is 7.59. The van der Waals surface area contributed by atoms with Crippen molar-refractivity contribution in [2.75, 3.05) is 13.2 Å². The number of fused-ring (bicyclic) bond motifs is 1. The van der Waals surface area contributed by atoms with Crippen LogP contribution in [0.1, 0.15) is 40.8 Å². The number of aromatic nitrogens is 1. The van der Waals surface area contributed by atoms with E-state index in [1.54, 1.807) is 10.6 Å². The SMILES string of the molecule is Cc1cc(Cl)ccc1OCC=CCOc1ccc(C=Cc2cccc3c(CCCC(=O)O)c(C)n(CC(=O)O)c23)cc1. The summed E-state index contributed by atoms with van der Waals surface area (Å²) in [4.78, 5) is 22.7. The summed E-state index contributed by atoms with van der Waals surface area (Å²) in [7, 11) is 0. The van der Waals surface area contributed by atoms with Crippen molar-refractivity contribution in [3.8, 4) is 11.5 Å². The molecule has 7 nitrogen and oxygen atoms in total. The van der Waals surface area contributed by atoms with E-state index < -0.39 is 11.9 Å². The quantitative estimate of drug-likeness (QED) is 0.116. The zero-order valence-electron chi connectivity index (χ0n) is 23.7. The highest BCUT2D eigenvalue weighted by Crippen LogP contribution is 2.31. The van der Waals surface area contributed by atoms with Gasteiger partial charge in [0.2, 0.25) is 0 Å². The first-order valence-corrected chi connectivity index (χ1v) is 14.1. The Kier molecular flexibility index (Phi) is 10.5. The summed E-state index contributed by atoms with van der Waals surface area (Å²) in [5.74, 6) is -0.231. The molecule has 0 aliphatic carbocycles. The first-order chi connectivity index (χ1) is 20.2. The molecule has 3 aromatic carbocycles. The molecule has 4 aromatic rings. The van der Waals surface area contributed by atoms with Crippen LogP contribution in [0.25, 0.3) is 23.1 Å². The fraction of sp³-hybridized carbons (Fsp3) is 0.235. The van der Waals surface area contributed by atoms with Gasteiger partial charge in [0.25, 0.3) is 0 Å². The van der Waals surface area contributed by atoms with E-state index in [-0.39, 0.29) is 13.0 Å². The number of ether oxygens (including phenoxy) is 2. The highest BCUT2D eigenvalue weighted by Gasteiger charge is 2.18. The molecule has 0 radical (unpaired) electrons. The van der Waals surface area contributed by atoms with Gasteiger partial charge in [0.15, 0.2) is 0 Å². The Balaban J connectivity index is 1.40. The molecule has 0 atom stereocenters. The molecule has 0 amide bonds. The number of aryl methyl sites for hydroxylation is 2. The van der Waals surface area contributed by atoms with Gasteiger partial charge in [0.1, 0.15) is 31.3 Å². The van der Waals surface area contributed by atoms with Crippen molar-refractivity contribution in [1.82, 2.24) is 4.57 Å². The van der Waals surface area contributed by atoms with Crippen molar-refractivity contribution < 1.29 is 29.3 Å². The summed E-state index contributed by atoms with van der Waals surface area (Å²) >= 11 is 5.98. The van der Waals surface area contributed by atoms with Crippen molar-refractivity contribution in [3.63, 3.8) is 0 Å². The molecule has 1 heterocycles. The second-order valence-corrected chi connectivity index (χ2v) is 10.4. The van der Waals surface area contributed by atoms with E-state index >= 15 is 0 Å². The molecule has 0 unspecified atom stereocenters. The van der Waals surface area contributed by atoms with Crippen molar-refractivity contribution in [3.05, 3.63) is 106 Å². The van der Waals surface area contributed by atoms with Gasteiger partial charge in [-0.2, -0.15) is 0 Å². The van der Waals surface area contributed by atoms with Crippen LogP contribution < -0.4 is 9.47 Å². The summed E-state index contributed by atoms with van der Waals surface area (Å²) in [5, 5.41) is 20.2. The summed E-state index contributed by atoms with van der Waals surface area (Å²) in [6.45, 7) is 4.53. The summed E-state index contributed by atoms with van der Waals surface area (Å²) in [5.41, 5.74) is 5.52. The van der Waals surface area contributed by atoms with Gasteiger partial charge < -0.3 is 24.3 Å². The molecule has 0 fully saturated rings. The lowest BCUT2D eigenvalue weighted by Gasteiger charge is -2.08. The molecule has 8 heteroatoms. The Morgan fingerprint density at radius 2 is 1.64 bits per heavy atom. The molecular weight excluding hydrogens is 554 g/mol. The van der Waals surface area contributed by atoms with Gasteiger partial charge in [-0.25, -0.2) is 0 Å². The topological polar surface area (TPSA) is 98.0 Å². The molecule has 2 N–H and O–H groups in total. The van der Waals surface area contributed by atoms with Gasteiger partial charge >= 0.3 is 11.9 Å². The van der Waals surface area contributed by atoms with E-state index in [4.69, 9.17) is 26.2 Å². The second-order valence-electron chi connectivity index (χ2n) is 9.94. The number of carbonyl (C=O) groups is 2. The average Bonchev–Trinajstić information content (AvgIpc) is 3.21. The summed E-state index contributed by atoms with van der Waals surface area (Å²) < 4.78 is 13.4. The van der Waals surface area contributed by atoms with Crippen molar-refractivity contribution in [2.45, 2.75) is 39.7 Å². The molecule has 0 aliphatic heterocycles. The van der Waals surface area contributed by atoms with Crippen molar-refractivity contribution in [1.29, 1.82) is 0 Å². The van der Waals surface area contributed by atoms with Crippen molar-refractivity contribution >= 4 is 46.6 Å². The zero-order valence-corrected chi connectivity index (χ0v) is 24.4. The van der Waals surface area contributed by atoms with Crippen LogP contribution in [0, 0.1) is 13.8 Å². The molecule has 0 saturated heterocycles. The van der Waals surface area contributed by atoms with Crippen LogP contribution in [0.15, 0.2) is 72.8 Å². The largest absolute Gasteiger partial charge is 0.490 e. The molecule has 0 saturated carbocycles. The number of benzene rings is 3. The van der Waals surface area contributed by atoms with Gasteiger partial charge in [0.05, 0.1) is 5.52 Å². The first-order valence-electron chi connectivity index (χ1n) is 13.7. The van der Waals surface area contributed by atoms with Gasteiger partial charge in [-0.15, -0.1) is 0 Å². The highest BCUT2D eigenvalue weighted by molar-refractivity contribution is 6.30. The van der Waals surface area contributed by atoms with Gasteiger partial charge in [-0.1, -0.05) is 54.1 Å². The second kappa shape index (κ2) is 14.4. The molecule has 42 heavy (non-hydrogen) atoms. The van der Waals surface area contributed by atoms with E-state index in [0.29, 0.717) is 31.1 Å². The Morgan fingerprint density at radius 1 is 0.905 bits per heavy atom. The maximum absolute atomic E-state index is 11.7. The minimum atomic E-state index is -0.930. The molecule has 4 rings (SSSR count). The third-order valence-electron chi connectivity index (χ3n) is 6.94. The smallest absolute Gasteiger partial charge is 0.323 e. The van der Waals surface area contributed by atoms with Crippen LogP contribution in [-0.4, -0.2) is 39.9 Å². The molecule has 0 aliphatic rings. The lowest BCUT2D eigenvalue weighted by molar-refractivity contribution is -0.138. The van der Waals surface area contributed by atoms with Crippen LogP contribution >= 0.6 is 11.6 Å². The lowest BCUT2D eigenvalue weighted by Crippen LogP contribution is -2.10. The number of rotatable bonds is 14. The standard InChI is InChI=1S/C34H34ClNO6/c1-23-21-27(35)15-18-31(23)42-20-4-3-19-41-28-16-12-25(13-17-28)11-14-26-7-5-9-30-29(8-6-10-32(37)38)24(2)36(34(26)30)22-33(39)40/h3-5,7,9,11-18,21H,6,8,10,19-20,22H2,1-2H3,(H,37,38)(H,39,40). The van der Waals surface area contributed by atoms with Crippen LogP contribution in [0.2, 0.25) is 5.02 Å². The Labute approximate surface area is 250 Å². The number of carboxylic acids is 2. The number of halogens is 1. The van der Waals surface area contributed by atoms with Crippen LogP contribution in [0.5, 0.6) is 11.5 Å². The maximum Gasteiger partial charge on any atom is 0.323 e. The fourth-order valence-electron chi connectivity index (χ4n) is 4.89. The minimum absolute atomic E-state index is 0.0685. The number of hydrogen-bond acceptors (Lipinski definition) is 4. The molecule has 0 bridgehead atoms. The van der Waals surface area contributed by atoms with E-state index in [2.05, 4.69) is 0 Å². The van der Waals surface area contributed by atoms with Gasteiger partial charge in [-0.3, -0.25) is 9.59 Å². The molecule has 218 valence electrons. The minimum Gasteiger partial charge on any atom is -0.490 e. The van der Waals surface area contributed by atoms with Gasteiger partial charge in [-0.05, 0) is 91.4 Å². The Morgan fingerprint density at radius 3 is 2.33 bits per heavy atom. The van der Waals surface area contributed by atoms with Crippen LogP contribution in [0.3, 0.4) is 0 Å². The zero-order chi connectivity index (χ0) is 30.1. The summed E-state index contributed by atoms with van der Waals surface area (Å²) in [6.07, 6.45) is 8.89. The van der Waals surface area contributed by atoms with Crippen LogP contribution in [0.4, 0.5) is 0 Å². The first kappa shape index (κ1) is 30.5. The maximum atomic E-state index is 11.7. The number of hydrogen-bond donors (Lipinski definition) is 2. The third kappa shape index (κ3) is 8.04. The predicted molar refractivity (Wildman–Crippen MR) is 167 cm³/mol. The number of para-hydroxylation sites is 1. The summed E-state index contributed by atoms with van der Waals surface area (Å²) in [6, 6.07) is 19.1. The normalized spacial score (nSPS) is 11.5. The van der Waals surface area contributed by atoms with E-state index in [1.165, 1.54) is 0 Å². The Hall–Kier alpha value is -4.49. The van der Waals surface area contributed by atoms with Gasteiger partial charge in [0, 0.05) is 22.5 Å². The molecule has 0 spiro atoms. The third-order valence-corrected chi connectivity index (χ3v) is 7.17. The lowest BCUT2D eigenvalue weighted by atomic mass is 10.0. The van der Waals surface area contributed by atoms with Crippen molar-refractivity contribution in [2.24, 2.45) is 0 Å². The number of carboxylic acid groups (broad SMARTS) is 2. The van der Waals surface area contributed by atoms with E-state index in [9.17, 15) is 14.7 Å². The number of aliphatic carboxylic acids is 2. The molecular formula is C34H34ClNO6. The van der Waals surface area contributed by atoms with E-state index in [1.807, 2.05) is 92.7 Å². The molecule has 1 aromatic heterocycles. The Bertz CT molecular complexity index is 1620. The average molecular weight is 588 g/mol. The highest BCUT2D eigenvalue weighted by atomic mass is 35.5. The van der Waals surface area contributed by atoms with E-state index in [0.717, 1.165) is 50.3 Å². The van der Waals surface area contributed by atoms with Crippen LogP contribution in [-0.2, 0) is 22.6 Å².